The Labute approximate surface area is 180 Å². The summed E-state index contributed by atoms with van der Waals surface area (Å²) >= 11 is 1.35. The van der Waals surface area contributed by atoms with E-state index in [2.05, 4.69) is 10.6 Å². The van der Waals surface area contributed by atoms with E-state index in [1.807, 2.05) is 32.2 Å². The monoisotopic (exact) mass is 429 g/mol. The molecule has 160 valence electrons. The van der Waals surface area contributed by atoms with Crippen molar-refractivity contribution < 1.29 is 19.1 Å². The number of para-hydroxylation sites is 1. The Morgan fingerprint density at radius 1 is 1.07 bits per heavy atom. The maximum atomic E-state index is 13.1. The van der Waals surface area contributed by atoms with Gasteiger partial charge in [-0.25, -0.2) is 4.79 Å². The van der Waals surface area contributed by atoms with Gasteiger partial charge in [-0.15, -0.1) is 11.3 Å². The molecule has 30 heavy (non-hydrogen) atoms. The number of benzene rings is 1. The third-order valence-corrected chi connectivity index (χ3v) is 5.52. The number of likely N-dealkylation sites (tertiary alicyclic amines) is 1. The van der Waals surface area contributed by atoms with E-state index in [-0.39, 0.29) is 17.9 Å². The topological polar surface area (TPSA) is 87.7 Å². The van der Waals surface area contributed by atoms with Gasteiger partial charge in [0.05, 0.1) is 16.1 Å². The standard InChI is InChI=1S/C22H27N3O4S/c1-22(2,3)29-21(28)23-15-10-12-25(13-11-15)20(27)16-7-4-5-8-17(16)24-19(26)18-9-6-14-30-18/h4-9,14-15H,10-13H2,1-3H3,(H,23,28)(H,24,26). The van der Waals surface area contributed by atoms with Crippen molar-refractivity contribution in [2.45, 2.75) is 45.3 Å². The second-order valence-corrected chi connectivity index (χ2v) is 9.14. The van der Waals surface area contributed by atoms with Gasteiger partial charge in [0.15, 0.2) is 0 Å². The highest BCUT2D eigenvalue weighted by Gasteiger charge is 2.27. The number of hydrogen-bond acceptors (Lipinski definition) is 5. The second-order valence-electron chi connectivity index (χ2n) is 8.19. The summed E-state index contributed by atoms with van der Waals surface area (Å²) in [6.07, 6.45) is 0.859. The number of thiophene rings is 1. The van der Waals surface area contributed by atoms with Crippen molar-refractivity contribution in [2.75, 3.05) is 18.4 Å². The minimum absolute atomic E-state index is 0.0299. The lowest BCUT2D eigenvalue weighted by Gasteiger charge is -2.33. The van der Waals surface area contributed by atoms with E-state index in [0.29, 0.717) is 42.1 Å². The summed E-state index contributed by atoms with van der Waals surface area (Å²) in [6, 6.07) is 10.5. The smallest absolute Gasteiger partial charge is 0.407 e. The van der Waals surface area contributed by atoms with Crippen molar-refractivity contribution >= 4 is 34.9 Å². The fourth-order valence-electron chi connectivity index (χ4n) is 3.24. The molecular formula is C22H27N3O4S. The number of piperidine rings is 1. The number of hydrogen-bond donors (Lipinski definition) is 2. The normalized spacial score (nSPS) is 14.8. The number of ether oxygens (including phenoxy) is 1. The molecule has 0 saturated carbocycles. The second kappa shape index (κ2) is 9.30. The Hall–Kier alpha value is -2.87. The molecule has 0 aliphatic carbocycles. The number of carbonyl (C=O) groups is 3. The van der Waals surface area contributed by atoms with Gasteiger partial charge in [-0.1, -0.05) is 18.2 Å². The van der Waals surface area contributed by atoms with Gasteiger partial charge in [-0.2, -0.15) is 0 Å². The maximum Gasteiger partial charge on any atom is 0.407 e. The van der Waals surface area contributed by atoms with E-state index in [1.165, 1.54) is 11.3 Å². The average molecular weight is 430 g/mol. The first-order valence-corrected chi connectivity index (χ1v) is 10.8. The highest BCUT2D eigenvalue weighted by atomic mass is 32.1. The molecule has 2 heterocycles. The number of alkyl carbamates (subject to hydrolysis) is 1. The minimum atomic E-state index is -0.544. The minimum Gasteiger partial charge on any atom is -0.444 e. The summed E-state index contributed by atoms with van der Waals surface area (Å²) < 4.78 is 5.30. The molecule has 1 aliphatic rings. The average Bonchev–Trinajstić information content (AvgIpc) is 3.22. The van der Waals surface area contributed by atoms with Crippen LogP contribution >= 0.6 is 11.3 Å². The number of amides is 3. The van der Waals surface area contributed by atoms with Gasteiger partial charge in [0.1, 0.15) is 5.60 Å². The molecule has 0 spiro atoms. The predicted octanol–water partition coefficient (Wildman–Crippen LogP) is 4.13. The molecule has 3 amide bonds. The molecular weight excluding hydrogens is 402 g/mol. The largest absolute Gasteiger partial charge is 0.444 e. The van der Waals surface area contributed by atoms with Crippen LogP contribution in [0.2, 0.25) is 0 Å². The van der Waals surface area contributed by atoms with Crippen LogP contribution in [0.5, 0.6) is 0 Å². The Bertz CT molecular complexity index is 897. The van der Waals surface area contributed by atoms with Crippen molar-refractivity contribution in [3.05, 3.63) is 52.2 Å². The molecule has 7 nitrogen and oxygen atoms in total. The molecule has 1 aliphatic heterocycles. The summed E-state index contributed by atoms with van der Waals surface area (Å²) in [6.45, 7) is 6.51. The molecule has 1 fully saturated rings. The number of carbonyl (C=O) groups excluding carboxylic acids is 3. The van der Waals surface area contributed by atoms with Crippen LogP contribution in [-0.2, 0) is 4.74 Å². The zero-order valence-electron chi connectivity index (χ0n) is 17.4. The SMILES string of the molecule is CC(C)(C)OC(=O)NC1CCN(C(=O)c2ccccc2NC(=O)c2cccs2)CC1. The summed E-state index contributed by atoms with van der Waals surface area (Å²) in [7, 11) is 0. The third-order valence-electron chi connectivity index (χ3n) is 4.65. The molecule has 1 aromatic heterocycles. The molecule has 8 heteroatoms. The van der Waals surface area contributed by atoms with Gasteiger partial charge in [-0.3, -0.25) is 9.59 Å². The van der Waals surface area contributed by atoms with Crippen molar-refractivity contribution in [3.63, 3.8) is 0 Å². The lowest BCUT2D eigenvalue weighted by atomic mass is 10.0. The molecule has 2 aromatic rings. The van der Waals surface area contributed by atoms with Crippen molar-refractivity contribution in [3.8, 4) is 0 Å². The number of nitrogens with zero attached hydrogens (tertiary/aromatic N) is 1. The van der Waals surface area contributed by atoms with Crippen LogP contribution in [-0.4, -0.2) is 47.5 Å². The van der Waals surface area contributed by atoms with E-state index in [9.17, 15) is 14.4 Å². The van der Waals surface area contributed by atoms with Gasteiger partial charge in [0, 0.05) is 19.1 Å². The highest BCUT2D eigenvalue weighted by Crippen LogP contribution is 2.22. The van der Waals surface area contributed by atoms with E-state index >= 15 is 0 Å². The van der Waals surface area contributed by atoms with Gasteiger partial charge >= 0.3 is 6.09 Å². The molecule has 3 rings (SSSR count). The van der Waals surface area contributed by atoms with Crippen LogP contribution in [0, 0.1) is 0 Å². The molecule has 2 N–H and O–H groups in total. The quantitative estimate of drug-likeness (QED) is 0.765. The Kier molecular flexibility index (Phi) is 6.77. The van der Waals surface area contributed by atoms with Crippen LogP contribution in [0.15, 0.2) is 41.8 Å². The first-order chi connectivity index (χ1) is 14.2. The summed E-state index contributed by atoms with van der Waals surface area (Å²) in [5.41, 5.74) is 0.411. The van der Waals surface area contributed by atoms with E-state index < -0.39 is 11.7 Å². The van der Waals surface area contributed by atoms with Gasteiger partial charge in [0.25, 0.3) is 11.8 Å². The van der Waals surface area contributed by atoms with Crippen LogP contribution in [0.3, 0.4) is 0 Å². The fraction of sp³-hybridized carbons (Fsp3) is 0.409. The van der Waals surface area contributed by atoms with E-state index in [0.717, 1.165) is 0 Å². The third kappa shape index (κ3) is 5.82. The van der Waals surface area contributed by atoms with Crippen molar-refractivity contribution in [1.29, 1.82) is 0 Å². The summed E-state index contributed by atoms with van der Waals surface area (Å²) in [4.78, 5) is 39.8. The molecule has 0 bridgehead atoms. The summed E-state index contributed by atoms with van der Waals surface area (Å²) in [5, 5.41) is 7.55. The summed E-state index contributed by atoms with van der Waals surface area (Å²) in [5.74, 6) is -0.363. The predicted molar refractivity (Wildman–Crippen MR) is 117 cm³/mol. The molecule has 0 unspecified atom stereocenters. The molecule has 0 radical (unpaired) electrons. The van der Waals surface area contributed by atoms with Gasteiger partial charge < -0.3 is 20.3 Å². The highest BCUT2D eigenvalue weighted by molar-refractivity contribution is 7.12. The number of anilines is 1. The maximum absolute atomic E-state index is 13.1. The zero-order valence-corrected chi connectivity index (χ0v) is 18.3. The number of nitrogens with one attached hydrogen (secondary N) is 2. The zero-order chi connectivity index (χ0) is 21.7. The Morgan fingerprint density at radius 3 is 2.40 bits per heavy atom. The van der Waals surface area contributed by atoms with E-state index in [1.54, 1.807) is 35.2 Å². The lowest BCUT2D eigenvalue weighted by Crippen LogP contribution is -2.47. The molecule has 0 atom stereocenters. The molecule has 1 saturated heterocycles. The van der Waals surface area contributed by atoms with Crippen LogP contribution in [0.1, 0.15) is 53.6 Å². The van der Waals surface area contributed by atoms with Crippen molar-refractivity contribution in [2.24, 2.45) is 0 Å². The molecule has 1 aromatic carbocycles. The van der Waals surface area contributed by atoms with E-state index in [4.69, 9.17) is 4.74 Å². The Morgan fingerprint density at radius 2 is 1.77 bits per heavy atom. The Balaban J connectivity index is 1.59. The van der Waals surface area contributed by atoms with Gasteiger partial charge in [-0.05, 0) is 57.2 Å². The van der Waals surface area contributed by atoms with Crippen LogP contribution in [0.4, 0.5) is 10.5 Å². The number of rotatable bonds is 4. The fourth-order valence-corrected chi connectivity index (χ4v) is 3.86. The van der Waals surface area contributed by atoms with Gasteiger partial charge in [0.2, 0.25) is 0 Å². The van der Waals surface area contributed by atoms with Crippen LogP contribution in [0.25, 0.3) is 0 Å². The van der Waals surface area contributed by atoms with Crippen molar-refractivity contribution in [1.82, 2.24) is 10.2 Å². The first-order valence-electron chi connectivity index (χ1n) is 9.95. The van der Waals surface area contributed by atoms with Crippen LogP contribution < -0.4 is 10.6 Å². The first kappa shape index (κ1) is 21.8. The lowest BCUT2D eigenvalue weighted by molar-refractivity contribution is 0.0473.